The molecule has 0 bridgehead atoms. The van der Waals surface area contributed by atoms with E-state index in [1.54, 1.807) is 18.3 Å². The minimum Gasteiger partial charge on any atom is -0.464 e. The van der Waals surface area contributed by atoms with Crippen LogP contribution in [0.3, 0.4) is 0 Å². The van der Waals surface area contributed by atoms with Gasteiger partial charge in [0.25, 0.3) is 5.76 Å². The van der Waals surface area contributed by atoms with E-state index in [9.17, 15) is 8.78 Å². The molecule has 108 valence electrons. The predicted octanol–water partition coefficient (Wildman–Crippen LogP) is 3.12. The number of rotatable bonds is 7. The van der Waals surface area contributed by atoms with Crippen LogP contribution in [0, 0.1) is 6.92 Å². The number of halogens is 2. The highest BCUT2D eigenvalue weighted by Crippen LogP contribution is 2.21. The van der Waals surface area contributed by atoms with Crippen LogP contribution >= 0.6 is 11.8 Å². The summed E-state index contributed by atoms with van der Waals surface area (Å²) in [4.78, 5) is 8.29. The number of nitrogens with one attached hydrogen (secondary N) is 1. The van der Waals surface area contributed by atoms with Gasteiger partial charge in [0.15, 0.2) is 0 Å². The zero-order chi connectivity index (χ0) is 14.4. The average molecular weight is 299 g/mol. The van der Waals surface area contributed by atoms with Crippen molar-refractivity contribution in [3.63, 3.8) is 0 Å². The summed E-state index contributed by atoms with van der Waals surface area (Å²) < 4.78 is 29.5. The molecule has 0 aliphatic carbocycles. The van der Waals surface area contributed by atoms with Crippen molar-refractivity contribution in [1.29, 1.82) is 0 Å². The van der Waals surface area contributed by atoms with Crippen molar-refractivity contribution >= 4 is 11.8 Å². The first-order valence-electron chi connectivity index (χ1n) is 6.10. The van der Waals surface area contributed by atoms with Crippen LogP contribution in [-0.2, 0) is 18.8 Å². The van der Waals surface area contributed by atoms with Gasteiger partial charge in [-0.2, -0.15) is 8.78 Å². The van der Waals surface area contributed by atoms with Crippen LogP contribution in [0.4, 0.5) is 8.78 Å². The fraction of sp³-hybridized carbons (Fsp3) is 0.385. The number of hydrogen-bond acceptors (Lipinski definition) is 5. The maximum absolute atomic E-state index is 12.0. The summed E-state index contributed by atoms with van der Waals surface area (Å²) in [6.45, 7) is 2.97. The third-order valence-electron chi connectivity index (χ3n) is 2.51. The minimum atomic E-state index is -2.37. The van der Waals surface area contributed by atoms with Crippen LogP contribution in [0.15, 0.2) is 28.8 Å². The highest BCUT2D eigenvalue weighted by molar-refractivity contribution is 7.98. The summed E-state index contributed by atoms with van der Waals surface area (Å²) in [6.07, 6.45) is 1.71. The summed E-state index contributed by atoms with van der Waals surface area (Å²) in [5.41, 5.74) is 0.900. The fourth-order valence-corrected chi connectivity index (χ4v) is 2.10. The molecular weight excluding hydrogens is 284 g/mol. The van der Waals surface area contributed by atoms with Gasteiger partial charge in [0.2, 0.25) is 0 Å². The third-order valence-corrected chi connectivity index (χ3v) is 3.21. The first kappa shape index (κ1) is 14.9. The van der Waals surface area contributed by atoms with Gasteiger partial charge in [0, 0.05) is 12.7 Å². The molecule has 0 atom stereocenters. The standard InChI is InChI=1S/C13H15F2N3OS/c1-9-17-5-4-10(18-9)6-16-7-11-2-3-12(19-11)8-20-13(14)15/h2-5,13,16H,6-8H2,1H3. The topological polar surface area (TPSA) is 51.0 Å². The van der Waals surface area contributed by atoms with Crippen molar-refractivity contribution < 1.29 is 13.2 Å². The van der Waals surface area contributed by atoms with Crippen LogP contribution in [0.25, 0.3) is 0 Å². The van der Waals surface area contributed by atoms with Crippen molar-refractivity contribution in [2.24, 2.45) is 0 Å². The number of hydrogen-bond donors (Lipinski definition) is 1. The normalized spacial score (nSPS) is 11.2. The predicted molar refractivity (Wildman–Crippen MR) is 73.3 cm³/mol. The van der Waals surface area contributed by atoms with Crippen LogP contribution in [0.2, 0.25) is 0 Å². The molecule has 0 amide bonds. The fourth-order valence-electron chi connectivity index (χ4n) is 1.66. The van der Waals surface area contributed by atoms with E-state index < -0.39 is 5.76 Å². The molecule has 7 heteroatoms. The second-order valence-corrected chi connectivity index (χ2v) is 5.12. The van der Waals surface area contributed by atoms with E-state index in [4.69, 9.17) is 4.42 Å². The Labute approximate surface area is 120 Å². The molecule has 0 saturated carbocycles. The monoisotopic (exact) mass is 299 g/mol. The Hall–Kier alpha value is -1.47. The summed E-state index contributed by atoms with van der Waals surface area (Å²) in [5, 5.41) is 3.18. The van der Waals surface area contributed by atoms with Gasteiger partial charge in [-0.1, -0.05) is 11.8 Å². The summed E-state index contributed by atoms with van der Waals surface area (Å²) in [5.74, 6) is -0.176. The number of aromatic nitrogens is 2. The van der Waals surface area contributed by atoms with E-state index >= 15 is 0 Å². The maximum Gasteiger partial charge on any atom is 0.284 e. The lowest BCUT2D eigenvalue weighted by molar-refractivity contribution is 0.251. The van der Waals surface area contributed by atoms with Crippen molar-refractivity contribution in [3.8, 4) is 0 Å². The lowest BCUT2D eigenvalue weighted by atomic mass is 10.3. The van der Waals surface area contributed by atoms with E-state index in [1.165, 1.54) is 0 Å². The third kappa shape index (κ3) is 4.90. The average Bonchev–Trinajstić information content (AvgIpc) is 2.84. The molecule has 0 spiro atoms. The van der Waals surface area contributed by atoms with Gasteiger partial charge in [-0.3, -0.25) is 0 Å². The molecule has 2 rings (SSSR count). The molecule has 0 radical (unpaired) electrons. The van der Waals surface area contributed by atoms with Crippen molar-refractivity contribution in [2.75, 3.05) is 0 Å². The largest absolute Gasteiger partial charge is 0.464 e. The molecule has 4 nitrogen and oxygen atoms in total. The molecule has 0 aliphatic heterocycles. The van der Waals surface area contributed by atoms with Gasteiger partial charge >= 0.3 is 0 Å². The lowest BCUT2D eigenvalue weighted by Gasteiger charge is -2.03. The van der Waals surface area contributed by atoms with Crippen LogP contribution in [0.5, 0.6) is 0 Å². The molecule has 0 aliphatic rings. The van der Waals surface area contributed by atoms with Crippen LogP contribution < -0.4 is 5.32 Å². The number of alkyl halides is 2. The minimum absolute atomic E-state index is 0.183. The number of nitrogens with zero attached hydrogens (tertiary/aromatic N) is 2. The van der Waals surface area contributed by atoms with Gasteiger partial charge in [0.05, 0.1) is 18.0 Å². The molecule has 0 unspecified atom stereocenters. The Morgan fingerprint density at radius 2 is 2.05 bits per heavy atom. The van der Waals surface area contributed by atoms with E-state index in [0.29, 0.717) is 30.6 Å². The van der Waals surface area contributed by atoms with Gasteiger partial charge in [-0.05, 0) is 25.1 Å². The molecule has 2 aromatic heterocycles. The van der Waals surface area contributed by atoms with Crippen LogP contribution in [0.1, 0.15) is 23.0 Å². The number of aryl methyl sites for hydroxylation is 1. The van der Waals surface area contributed by atoms with Gasteiger partial charge in [0.1, 0.15) is 17.3 Å². The zero-order valence-electron chi connectivity index (χ0n) is 11.0. The van der Waals surface area contributed by atoms with E-state index in [-0.39, 0.29) is 5.75 Å². The first-order valence-corrected chi connectivity index (χ1v) is 7.15. The molecule has 0 aromatic carbocycles. The van der Waals surface area contributed by atoms with Gasteiger partial charge < -0.3 is 9.73 Å². The smallest absolute Gasteiger partial charge is 0.284 e. The molecule has 20 heavy (non-hydrogen) atoms. The highest BCUT2D eigenvalue weighted by Gasteiger charge is 2.07. The SMILES string of the molecule is Cc1nccc(CNCc2ccc(CSC(F)F)o2)n1. The Bertz CT molecular complexity index is 548. The summed E-state index contributed by atoms with van der Waals surface area (Å²) in [7, 11) is 0. The van der Waals surface area contributed by atoms with Crippen molar-refractivity contribution in [3.05, 3.63) is 47.4 Å². The quantitative estimate of drug-likeness (QED) is 0.851. The highest BCUT2D eigenvalue weighted by atomic mass is 32.2. The summed E-state index contributed by atoms with van der Waals surface area (Å²) >= 11 is 0.556. The molecule has 2 aromatic rings. The Balaban J connectivity index is 1.77. The molecule has 2 heterocycles. The maximum atomic E-state index is 12.0. The van der Waals surface area contributed by atoms with Crippen LogP contribution in [-0.4, -0.2) is 15.7 Å². The van der Waals surface area contributed by atoms with Gasteiger partial charge in [-0.25, -0.2) is 9.97 Å². The Kier molecular flexibility index (Phi) is 5.49. The van der Waals surface area contributed by atoms with E-state index in [1.807, 2.05) is 13.0 Å². The first-order chi connectivity index (χ1) is 9.63. The second-order valence-electron chi connectivity index (χ2n) is 4.14. The van der Waals surface area contributed by atoms with Crippen molar-refractivity contribution in [2.45, 2.75) is 31.5 Å². The molecule has 0 fully saturated rings. The van der Waals surface area contributed by atoms with Crippen molar-refractivity contribution in [1.82, 2.24) is 15.3 Å². The number of furan rings is 1. The molecule has 0 saturated heterocycles. The molecular formula is C13H15F2N3OS. The second kappa shape index (κ2) is 7.35. The summed E-state index contributed by atoms with van der Waals surface area (Å²) in [6, 6.07) is 5.35. The lowest BCUT2D eigenvalue weighted by Crippen LogP contribution is -2.13. The Morgan fingerprint density at radius 3 is 2.80 bits per heavy atom. The van der Waals surface area contributed by atoms with E-state index in [2.05, 4.69) is 15.3 Å². The van der Waals surface area contributed by atoms with Gasteiger partial charge in [-0.15, -0.1) is 0 Å². The number of thioether (sulfide) groups is 1. The molecule has 1 N–H and O–H groups in total. The Morgan fingerprint density at radius 1 is 1.25 bits per heavy atom. The zero-order valence-corrected chi connectivity index (χ0v) is 11.8. The van der Waals surface area contributed by atoms with E-state index in [0.717, 1.165) is 17.3 Å².